The van der Waals surface area contributed by atoms with Gasteiger partial charge in [0.15, 0.2) is 6.61 Å². The van der Waals surface area contributed by atoms with Gasteiger partial charge < -0.3 is 10.1 Å². The van der Waals surface area contributed by atoms with Crippen LogP contribution in [0.1, 0.15) is 18.5 Å². The smallest absolute Gasteiger partial charge is 0.326 e. The van der Waals surface area contributed by atoms with Gasteiger partial charge in [-0.3, -0.25) is 19.0 Å². The maximum absolute atomic E-state index is 12.3. The number of ether oxygens (including phenoxy) is 1. The Morgan fingerprint density at radius 1 is 1.11 bits per heavy atom. The number of rotatable bonds is 6. The fraction of sp³-hybridized carbons (Fsp3) is 0.200. The number of aromatic nitrogens is 2. The lowest BCUT2D eigenvalue weighted by Gasteiger charge is -2.14. The van der Waals surface area contributed by atoms with Gasteiger partial charge in [-0.05, 0) is 24.6 Å². The molecule has 0 aliphatic rings. The fourth-order valence-electron chi connectivity index (χ4n) is 2.66. The predicted octanol–water partition coefficient (Wildman–Crippen LogP) is 1.82. The van der Waals surface area contributed by atoms with E-state index >= 15 is 0 Å². The van der Waals surface area contributed by atoms with E-state index < -0.39 is 18.5 Å². The van der Waals surface area contributed by atoms with Crippen LogP contribution in [0.25, 0.3) is 10.9 Å². The van der Waals surface area contributed by atoms with Crippen LogP contribution in [0.15, 0.2) is 65.7 Å². The van der Waals surface area contributed by atoms with E-state index in [0.717, 1.165) is 10.1 Å². The average molecular weight is 365 g/mol. The van der Waals surface area contributed by atoms with E-state index in [1.165, 1.54) is 6.33 Å². The number of carbonyl (C=O) groups excluding carboxylic acids is 2. The molecule has 0 saturated heterocycles. The van der Waals surface area contributed by atoms with Crippen LogP contribution >= 0.6 is 0 Å². The highest BCUT2D eigenvalue weighted by atomic mass is 16.5. The average Bonchev–Trinajstić information content (AvgIpc) is 2.69. The van der Waals surface area contributed by atoms with Crippen LogP contribution in [0.3, 0.4) is 0 Å². The summed E-state index contributed by atoms with van der Waals surface area (Å²) in [6.07, 6.45) is 1.30. The Labute approximate surface area is 155 Å². The number of nitrogens with one attached hydrogen (secondary N) is 1. The highest BCUT2D eigenvalue weighted by Gasteiger charge is 2.13. The molecule has 7 heteroatoms. The summed E-state index contributed by atoms with van der Waals surface area (Å²) in [5.74, 6) is -1.10. The minimum atomic E-state index is -0.684. The predicted molar refractivity (Wildman–Crippen MR) is 100.0 cm³/mol. The molecule has 1 N–H and O–H groups in total. The van der Waals surface area contributed by atoms with Crippen molar-refractivity contribution in [3.05, 3.63) is 76.8 Å². The molecule has 2 aromatic carbocycles. The van der Waals surface area contributed by atoms with Gasteiger partial charge in [0, 0.05) is 0 Å². The summed E-state index contributed by atoms with van der Waals surface area (Å²) in [6, 6.07) is 16.1. The van der Waals surface area contributed by atoms with Crippen LogP contribution in [0.5, 0.6) is 0 Å². The molecule has 1 atom stereocenters. The first kappa shape index (κ1) is 18.3. The molecule has 0 aliphatic heterocycles. The summed E-state index contributed by atoms with van der Waals surface area (Å²) in [5, 5.41) is 3.17. The van der Waals surface area contributed by atoms with Crippen molar-refractivity contribution in [2.45, 2.75) is 19.5 Å². The van der Waals surface area contributed by atoms with Crippen LogP contribution in [0.4, 0.5) is 0 Å². The molecular weight excluding hydrogens is 346 g/mol. The second-order valence-electron chi connectivity index (χ2n) is 6.06. The van der Waals surface area contributed by atoms with Gasteiger partial charge in [-0.25, -0.2) is 4.98 Å². The first-order valence-electron chi connectivity index (χ1n) is 8.48. The van der Waals surface area contributed by atoms with Crippen molar-refractivity contribution in [1.29, 1.82) is 0 Å². The number of para-hydroxylation sites is 1. The second kappa shape index (κ2) is 8.27. The number of hydrogen-bond donors (Lipinski definition) is 1. The Morgan fingerprint density at radius 3 is 2.59 bits per heavy atom. The summed E-state index contributed by atoms with van der Waals surface area (Å²) < 4.78 is 6.13. The number of amides is 1. The molecule has 7 nitrogen and oxygen atoms in total. The maximum atomic E-state index is 12.3. The Hall–Kier alpha value is -3.48. The molecule has 27 heavy (non-hydrogen) atoms. The van der Waals surface area contributed by atoms with E-state index in [2.05, 4.69) is 10.3 Å². The molecular formula is C20H19N3O4. The number of esters is 1. The monoisotopic (exact) mass is 365 g/mol. The minimum absolute atomic E-state index is 0.204. The lowest BCUT2D eigenvalue weighted by molar-refractivity contribution is -0.149. The zero-order valence-corrected chi connectivity index (χ0v) is 14.8. The molecule has 3 aromatic rings. The van der Waals surface area contributed by atoms with Gasteiger partial charge in [-0.2, -0.15) is 0 Å². The normalized spacial score (nSPS) is 11.7. The van der Waals surface area contributed by atoms with Crippen LogP contribution in [0.2, 0.25) is 0 Å². The molecule has 0 radical (unpaired) electrons. The maximum Gasteiger partial charge on any atom is 0.326 e. The number of benzene rings is 2. The molecule has 138 valence electrons. The second-order valence-corrected chi connectivity index (χ2v) is 6.06. The zero-order valence-electron chi connectivity index (χ0n) is 14.8. The van der Waals surface area contributed by atoms with Gasteiger partial charge in [-0.1, -0.05) is 42.5 Å². The quantitative estimate of drug-likeness (QED) is 0.673. The van der Waals surface area contributed by atoms with Gasteiger partial charge in [0.25, 0.3) is 11.5 Å². The van der Waals surface area contributed by atoms with E-state index in [9.17, 15) is 14.4 Å². The van der Waals surface area contributed by atoms with Crippen LogP contribution in [-0.4, -0.2) is 28.0 Å². The van der Waals surface area contributed by atoms with Crippen molar-refractivity contribution in [3.63, 3.8) is 0 Å². The first-order chi connectivity index (χ1) is 13.0. The third-order valence-electron chi connectivity index (χ3n) is 4.07. The van der Waals surface area contributed by atoms with Gasteiger partial charge in [0.2, 0.25) is 0 Å². The Morgan fingerprint density at radius 2 is 1.81 bits per heavy atom. The van der Waals surface area contributed by atoms with Crippen LogP contribution in [-0.2, 0) is 20.9 Å². The Balaban J connectivity index is 1.55. The summed E-state index contributed by atoms with van der Waals surface area (Å²) in [6.45, 7) is 1.12. The minimum Gasteiger partial charge on any atom is -0.454 e. The van der Waals surface area contributed by atoms with Crippen molar-refractivity contribution in [2.75, 3.05) is 6.61 Å². The number of carbonyl (C=O) groups is 2. The van der Waals surface area contributed by atoms with Crippen molar-refractivity contribution in [1.82, 2.24) is 14.9 Å². The summed E-state index contributed by atoms with van der Waals surface area (Å²) in [4.78, 5) is 40.4. The topological polar surface area (TPSA) is 90.3 Å². The van der Waals surface area contributed by atoms with Crippen molar-refractivity contribution < 1.29 is 14.3 Å². The Bertz CT molecular complexity index is 1010. The molecule has 0 unspecified atom stereocenters. The van der Waals surface area contributed by atoms with E-state index in [-0.39, 0.29) is 18.1 Å². The van der Waals surface area contributed by atoms with Crippen molar-refractivity contribution >= 4 is 22.8 Å². The number of fused-ring (bicyclic) bond motifs is 1. The number of hydrogen-bond acceptors (Lipinski definition) is 5. The number of nitrogens with zero attached hydrogens (tertiary/aromatic N) is 2. The van der Waals surface area contributed by atoms with Gasteiger partial charge in [0.05, 0.1) is 23.3 Å². The molecule has 0 saturated carbocycles. The van der Waals surface area contributed by atoms with Crippen LogP contribution in [0, 0.1) is 0 Å². The zero-order chi connectivity index (χ0) is 19.2. The highest BCUT2D eigenvalue weighted by molar-refractivity contribution is 5.81. The molecule has 0 bridgehead atoms. The van der Waals surface area contributed by atoms with E-state index in [4.69, 9.17) is 4.74 Å². The summed E-state index contributed by atoms with van der Waals surface area (Å²) in [7, 11) is 0. The first-order valence-corrected chi connectivity index (χ1v) is 8.48. The van der Waals surface area contributed by atoms with Gasteiger partial charge in [0.1, 0.15) is 6.54 Å². The fourth-order valence-corrected chi connectivity index (χ4v) is 2.66. The van der Waals surface area contributed by atoms with Crippen molar-refractivity contribution in [3.8, 4) is 0 Å². The van der Waals surface area contributed by atoms with Crippen LogP contribution < -0.4 is 10.9 Å². The standard InChI is InChI=1S/C20H19N3O4/c1-14(15-7-3-2-4-8-15)22-18(24)12-27-19(25)11-23-13-21-17-10-6-5-9-16(17)20(23)26/h2-10,13-14H,11-12H2,1H3,(H,22,24)/t14-/m0/s1. The highest BCUT2D eigenvalue weighted by Crippen LogP contribution is 2.10. The van der Waals surface area contributed by atoms with E-state index in [1.54, 1.807) is 24.3 Å². The molecule has 3 rings (SSSR count). The molecule has 1 heterocycles. The largest absolute Gasteiger partial charge is 0.454 e. The third-order valence-corrected chi connectivity index (χ3v) is 4.07. The summed E-state index contributed by atoms with van der Waals surface area (Å²) >= 11 is 0. The molecule has 0 spiro atoms. The van der Waals surface area contributed by atoms with E-state index in [1.807, 2.05) is 37.3 Å². The van der Waals surface area contributed by atoms with E-state index in [0.29, 0.717) is 10.9 Å². The SMILES string of the molecule is C[C@H](NC(=O)COC(=O)Cn1cnc2ccccc2c1=O)c1ccccc1. The van der Waals surface area contributed by atoms with Gasteiger partial charge in [-0.15, -0.1) is 0 Å². The van der Waals surface area contributed by atoms with Gasteiger partial charge >= 0.3 is 5.97 Å². The molecule has 0 aliphatic carbocycles. The molecule has 1 aromatic heterocycles. The summed E-state index contributed by atoms with van der Waals surface area (Å²) in [5.41, 5.74) is 1.17. The lowest BCUT2D eigenvalue weighted by Crippen LogP contribution is -2.32. The molecule has 0 fully saturated rings. The molecule has 1 amide bonds. The Kier molecular flexibility index (Phi) is 5.61. The van der Waals surface area contributed by atoms with Crippen molar-refractivity contribution in [2.24, 2.45) is 0 Å². The third kappa shape index (κ3) is 4.58. The lowest BCUT2D eigenvalue weighted by atomic mass is 10.1.